The molecule has 0 aliphatic rings. The van der Waals surface area contributed by atoms with Crippen LogP contribution in [0.5, 0.6) is 0 Å². The fourth-order valence-electron chi connectivity index (χ4n) is 1.65. The van der Waals surface area contributed by atoms with Gasteiger partial charge in [-0.2, -0.15) is 5.26 Å². The second-order valence-electron chi connectivity index (χ2n) is 4.19. The van der Waals surface area contributed by atoms with Gasteiger partial charge >= 0.3 is 5.97 Å². The van der Waals surface area contributed by atoms with E-state index in [0.29, 0.717) is 12.2 Å². The summed E-state index contributed by atoms with van der Waals surface area (Å²) >= 11 is 0. The van der Waals surface area contributed by atoms with Crippen molar-refractivity contribution in [2.45, 2.75) is 26.7 Å². The van der Waals surface area contributed by atoms with Crippen molar-refractivity contribution in [1.82, 2.24) is 0 Å². The first-order chi connectivity index (χ1) is 8.10. The van der Waals surface area contributed by atoms with Crippen LogP contribution in [0.4, 0.5) is 0 Å². The van der Waals surface area contributed by atoms with Crippen LogP contribution in [-0.2, 0) is 4.74 Å². The Kier molecular flexibility index (Phi) is 4.71. The number of rotatable bonds is 4. The molecule has 0 fully saturated rings. The Labute approximate surface area is 102 Å². The van der Waals surface area contributed by atoms with Crippen molar-refractivity contribution >= 4 is 5.97 Å². The average Bonchev–Trinajstić information content (AvgIpc) is 2.30. The zero-order chi connectivity index (χ0) is 12.8. The summed E-state index contributed by atoms with van der Waals surface area (Å²) in [5.74, 6) is -0.197. The van der Waals surface area contributed by atoms with Crippen LogP contribution in [0.3, 0.4) is 0 Å². The summed E-state index contributed by atoms with van der Waals surface area (Å²) in [6.45, 7) is 6.16. The van der Waals surface area contributed by atoms with E-state index in [1.165, 1.54) is 0 Å². The summed E-state index contributed by atoms with van der Waals surface area (Å²) < 4.78 is 4.90. The minimum atomic E-state index is -0.322. The van der Waals surface area contributed by atoms with Crippen molar-refractivity contribution in [2.75, 3.05) is 6.61 Å². The first kappa shape index (κ1) is 13.2. The standard InChI is InChI=1S/C14H17NO2/c1-4-17-14(16)12-7-5-11(6-8-12)13(9-15)10(2)3/h5-8,10,13H,4H2,1-3H3. The van der Waals surface area contributed by atoms with E-state index in [1.54, 1.807) is 19.1 Å². The van der Waals surface area contributed by atoms with E-state index in [0.717, 1.165) is 5.56 Å². The topological polar surface area (TPSA) is 50.1 Å². The fraction of sp³-hybridized carbons (Fsp3) is 0.429. The highest BCUT2D eigenvalue weighted by Gasteiger charge is 2.15. The van der Waals surface area contributed by atoms with Crippen LogP contribution in [0, 0.1) is 17.2 Å². The predicted molar refractivity (Wildman–Crippen MR) is 65.6 cm³/mol. The summed E-state index contributed by atoms with van der Waals surface area (Å²) in [7, 11) is 0. The first-order valence-corrected chi connectivity index (χ1v) is 5.76. The van der Waals surface area contributed by atoms with Gasteiger partial charge in [-0.1, -0.05) is 26.0 Å². The van der Waals surface area contributed by atoms with Crippen molar-refractivity contribution in [3.05, 3.63) is 35.4 Å². The molecule has 1 aromatic carbocycles. The van der Waals surface area contributed by atoms with E-state index in [2.05, 4.69) is 6.07 Å². The van der Waals surface area contributed by atoms with Gasteiger partial charge in [-0.25, -0.2) is 4.79 Å². The van der Waals surface area contributed by atoms with Crippen LogP contribution in [0.1, 0.15) is 42.6 Å². The Morgan fingerprint density at radius 1 is 1.35 bits per heavy atom. The monoisotopic (exact) mass is 231 g/mol. The van der Waals surface area contributed by atoms with Crippen LogP contribution in [0.2, 0.25) is 0 Å². The Balaban J connectivity index is 2.88. The highest BCUT2D eigenvalue weighted by Crippen LogP contribution is 2.23. The van der Waals surface area contributed by atoms with Crippen LogP contribution >= 0.6 is 0 Å². The largest absolute Gasteiger partial charge is 0.462 e. The third-order valence-electron chi connectivity index (χ3n) is 2.59. The van der Waals surface area contributed by atoms with Crippen LogP contribution in [-0.4, -0.2) is 12.6 Å². The molecule has 0 spiro atoms. The maximum atomic E-state index is 11.4. The molecule has 90 valence electrons. The average molecular weight is 231 g/mol. The maximum absolute atomic E-state index is 11.4. The molecule has 0 aliphatic carbocycles. The van der Waals surface area contributed by atoms with Crippen molar-refractivity contribution in [2.24, 2.45) is 5.92 Å². The summed E-state index contributed by atoms with van der Waals surface area (Å²) in [6, 6.07) is 9.33. The van der Waals surface area contributed by atoms with Crippen molar-refractivity contribution in [3.8, 4) is 6.07 Å². The molecule has 0 heterocycles. The maximum Gasteiger partial charge on any atom is 0.338 e. The van der Waals surface area contributed by atoms with Gasteiger partial charge in [0.25, 0.3) is 0 Å². The third-order valence-corrected chi connectivity index (χ3v) is 2.59. The zero-order valence-electron chi connectivity index (χ0n) is 10.4. The van der Waals surface area contributed by atoms with E-state index in [4.69, 9.17) is 10.00 Å². The first-order valence-electron chi connectivity index (χ1n) is 5.76. The molecule has 0 N–H and O–H groups in total. The molecule has 0 aliphatic heterocycles. The van der Waals surface area contributed by atoms with E-state index < -0.39 is 0 Å². The lowest BCUT2D eigenvalue weighted by Gasteiger charge is -2.13. The summed E-state index contributed by atoms with van der Waals surface area (Å²) in [5.41, 5.74) is 1.46. The Bertz CT molecular complexity index is 415. The molecule has 0 saturated carbocycles. The second kappa shape index (κ2) is 6.05. The number of hydrogen-bond donors (Lipinski definition) is 0. The number of esters is 1. The summed E-state index contributed by atoms with van der Waals surface area (Å²) in [6.07, 6.45) is 0. The highest BCUT2D eigenvalue weighted by molar-refractivity contribution is 5.89. The number of carbonyl (C=O) groups excluding carboxylic acids is 1. The SMILES string of the molecule is CCOC(=O)c1ccc(C(C#N)C(C)C)cc1. The summed E-state index contributed by atoms with van der Waals surface area (Å²) in [4.78, 5) is 11.4. The molecule has 1 aromatic rings. The molecule has 1 unspecified atom stereocenters. The number of hydrogen-bond acceptors (Lipinski definition) is 3. The van der Waals surface area contributed by atoms with Gasteiger partial charge in [0.05, 0.1) is 24.2 Å². The van der Waals surface area contributed by atoms with Crippen molar-refractivity contribution < 1.29 is 9.53 Å². The molecule has 0 saturated heterocycles. The second-order valence-corrected chi connectivity index (χ2v) is 4.19. The highest BCUT2D eigenvalue weighted by atomic mass is 16.5. The number of nitriles is 1. The van der Waals surface area contributed by atoms with Gasteiger partial charge in [-0.15, -0.1) is 0 Å². The van der Waals surface area contributed by atoms with Gasteiger partial charge in [-0.05, 0) is 30.5 Å². The lowest BCUT2D eigenvalue weighted by molar-refractivity contribution is 0.0526. The number of ether oxygens (including phenoxy) is 1. The molecule has 17 heavy (non-hydrogen) atoms. The Morgan fingerprint density at radius 2 is 1.94 bits per heavy atom. The molecule has 0 aromatic heterocycles. The van der Waals surface area contributed by atoms with Gasteiger partial charge in [0.1, 0.15) is 0 Å². The molecule has 0 amide bonds. The molecule has 3 nitrogen and oxygen atoms in total. The fourth-order valence-corrected chi connectivity index (χ4v) is 1.65. The predicted octanol–water partition coefficient (Wildman–Crippen LogP) is 3.13. The minimum absolute atomic E-state index is 0.133. The molecular weight excluding hydrogens is 214 g/mol. The van der Waals surface area contributed by atoms with Gasteiger partial charge in [0, 0.05) is 0 Å². The van der Waals surface area contributed by atoms with Crippen molar-refractivity contribution in [1.29, 1.82) is 5.26 Å². The summed E-state index contributed by atoms with van der Waals surface area (Å²) in [5, 5.41) is 9.07. The molecule has 1 rings (SSSR count). The molecule has 1 atom stereocenters. The third kappa shape index (κ3) is 3.32. The molecule has 3 heteroatoms. The van der Waals surface area contributed by atoms with E-state index in [9.17, 15) is 4.79 Å². The van der Waals surface area contributed by atoms with Gasteiger partial charge in [-0.3, -0.25) is 0 Å². The number of benzene rings is 1. The van der Waals surface area contributed by atoms with E-state index in [-0.39, 0.29) is 17.8 Å². The van der Waals surface area contributed by atoms with E-state index in [1.807, 2.05) is 26.0 Å². The normalized spacial score (nSPS) is 11.9. The molecule has 0 bridgehead atoms. The Hall–Kier alpha value is -1.82. The van der Waals surface area contributed by atoms with Crippen LogP contribution in [0.15, 0.2) is 24.3 Å². The minimum Gasteiger partial charge on any atom is -0.462 e. The zero-order valence-corrected chi connectivity index (χ0v) is 10.4. The van der Waals surface area contributed by atoms with Crippen LogP contribution < -0.4 is 0 Å². The van der Waals surface area contributed by atoms with Gasteiger partial charge < -0.3 is 4.74 Å². The molecule has 0 radical (unpaired) electrons. The van der Waals surface area contributed by atoms with Crippen molar-refractivity contribution in [3.63, 3.8) is 0 Å². The smallest absolute Gasteiger partial charge is 0.338 e. The van der Waals surface area contributed by atoms with E-state index >= 15 is 0 Å². The Morgan fingerprint density at radius 3 is 2.35 bits per heavy atom. The lowest BCUT2D eigenvalue weighted by atomic mass is 9.89. The van der Waals surface area contributed by atoms with Gasteiger partial charge in [0.15, 0.2) is 0 Å². The lowest BCUT2D eigenvalue weighted by Crippen LogP contribution is -2.07. The van der Waals surface area contributed by atoms with Crippen LogP contribution in [0.25, 0.3) is 0 Å². The quantitative estimate of drug-likeness (QED) is 0.748. The molecular formula is C14H17NO2. The number of nitrogens with zero attached hydrogens (tertiary/aromatic N) is 1. The van der Waals surface area contributed by atoms with Gasteiger partial charge in [0.2, 0.25) is 0 Å². The number of carbonyl (C=O) groups is 1.